The Morgan fingerprint density at radius 1 is 1.22 bits per heavy atom. The molecule has 1 amide bonds. The molecule has 1 atom stereocenters. The van der Waals surface area contributed by atoms with Crippen LogP contribution in [0.4, 0.5) is 11.4 Å². The van der Waals surface area contributed by atoms with Crippen molar-refractivity contribution in [3.8, 4) is 0 Å². The van der Waals surface area contributed by atoms with E-state index in [1.165, 1.54) is 4.90 Å². The molecule has 0 radical (unpaired) electrons. The normalized spacial score (nSPS) is 17.4. The number of nitro benzene ring substituents is 2. The first-order chi connectivity index (χ1) is 8.40. The van der Waals surface area contributed by atoms with Gasteiger partial charge in [0.2, 0.25) is 0 Å². The average molecular weight is 251 g/mol. The van der Waals surface area contributed by atoms with Crippen molar-refractivity contribution in [3.63, 3.8) is 0 Å². The van der Waals surface area contributed by atoms with Crippen LogP contribution in [0.2, 0.25) is 0 Å². The quantitative estimate of drug-likeness (QED) is 0.457. The number of hydrogen-bond donors (Lipinski definition) is 0. The van der Waals surface area contributed by atoms with Crippen LogP contribution in [0.25, 0.3) is 0 Å². The summed E-state index contributed by atoms with van der Waals surface area (Å²) >= 11 is 0. The maximum absolute atomic E-state index is 11.8. The van der Waals surface area contributed by atoms with Gasteiger partial charge in [-0.05, 0) is 6.92 Å². The molecule has 1 saturated heterocycles. The number of nitrogens with zero attached hydrogens (tertiary/aromatic N) is 3. The molecular weight excluding hydrogens is 242 g/mol. The molecule has 8 nitrogen and oxygen atoms in total. The van der Waals surface area contributed by atoms with Crippen molar-refractivity contribution in [2.45, 2.75) is 13.0 Å². The SMILES string of the molecule is C[C@H]1CN1C(=O)c1cc([N+](=O)[O-])cc([N+](=O)[O-])c1. The fraction of sp³-hybridized carbons (Fsp3) is 0.300. The van der Waals surface area contributed by atoms with E-state index in [0.29, 0.717) is 6.54 Å². The van der Waals surface area contributed by atoms with E-state index in [4.69, 9.17) is 0 Å². The second kappa shape index (κ2) is 4.06. The van der Waals surface area contributed by atoms with Crippen LogP contribution in [0.1, 0.15) is 17.3 Å². The number of carbonyl (C=O) groups excluding carboxylic acids is 1. The molecule has 0 N–H and O–H groups in total. The number of carbonyl (C=O) groups is 1. The van der Waals surface area contributed by atoms with Gasteiger partial charge in [-0.15, -0.1) is 0 Å². The van der Waals surface area contributed by atoms with Gasteiger partial charge in [0.05, 0.1) is 21.5 Å². The summed E-state index contributed by atoms with van der Waals surface area (Å²) in [6.07, 6.45) is 0. The van der Waals surface area contributed by atoms with Gasteiger partial charge in [0.1, 0.15) is 0 Å². The van der Waals surface area contributed by atoms with Crippen LogP contribution >= 0.6 is 0 Å². The van der Waals surface area contributed by atoms with Crippen molar-refractivity contribution >= 4 is 17.3 Å². The Bertz CT molecular complexity index is 524. The van der Waals surface area contributed by atoms with E-state index >= 15 is 0 Å². The Balaban J connectivity index is 2.43. The van der Waals surface area contributed by atoms with E-state index in [-0.39, 0.29) is 11.6 Å². The first kappa shape index (κ1) is 12.0. The fourth-order valence-corrected chi connectivity index (χ4v) is 1.62. The van der Waals surface area contributed by atoms with Gasteiger partial charge in [0.25, 0.3) is 17.3 Å². The van der Waals surface area contributed by atoms with Gasteiger partial charge >= 0.3 is 0 Å². The Morgan fingerprint density at radius 2 is 1.67 bits per heavy atom. The van der Waals surface area contributed by atoms with Crippen LogP contribution in [0.5, 0.6) is 0 Å². The highest BCUT2D eigenvalue weighted by Gasteiger charge is 2.35. The number of rotatable bonds is 3. The van der Waals surface area contributed by atoms with Crippen LogP contribution in [-0.2, 0) is 0 Å². The zero-order chi connectivity index (χ0) is 13.4. The van der Waals surface area contributed by atoms with Crippen molar-refractivity contribution in [1.29, 1.82) is 0 Å². The minimum absolute atomic E-state index is 0.0275. The zero-order valence-electron chi connectivity index (χ0n) is 9.40. The van der Waals surface area contributed by atoms with Crippen molar-refractivity contribution in [2.24, 2.45) is 0 Å². The Morgan fingerprint density at radius 3 is 2.00 bits per heavy atom. The molecule has 2 rings (SSSR count). The number of non-ortho nitro benzene ring substituents is 2. The molecule has 1 aliphatic heterocycles. The largest absolute Gasteiger partial charge is 0.332 e. The van der Waals surface area contributed by atoms with Crippen molar-refractivity contribution < 1.29 is 14.6 Å². The summed E-state index contributed by atoms with van der Waals surface area (Å²) in [5.41, 5.74) is -0.940. The maximum atomic E-state index is 11.8. The first-order valence-electron chi connectivity index (χ1n) is 5.15. The van der Waals surface area contributed by atoms with Gasteiger partial charge in [0.15, 0.2) is 0 Å². The molecule has 0 aliphatic carbocycles. The lowest BCUT2D eigenvalue weighted by Crippen LogP contribution is -2.13. The van der Waals surface area contributed by atoms with Crippen molar-refractivity contribution in [3.05, 3.63) is 44.0 Å². The number of hydrogen-bond acceptors (Lipinski definition) is 5. The summed E-state index contributed by atoms with van der Waals surface area (Å²) in [4.78, 5) is 33.1. The van der Waals surface area contributed by atoms with Crippen LogP contribution in [-0.4, -0.2) is 33.2 Å². The summed E-state index contributed by atoms with van der Waals surface area (Å²) in [7, 11) is 0. The van der Waals surface area contributed by atoms with E-state index in [9.17, 15) is 25.0 Å². The minimum atomic E-state index is -0.755. The highest BCUT2D eigenvalue weighted by Crippen LogP contribution is 2.26. The average Bonchev–Trinajstić information content (AvgIpc) is 3.04. The fourth-order valence-electron chi connectivity index (χ4n) is 1.62. The molecule has 0 saturated carbocycles. The highest BCUT2D eigenvalue weighted by molar-refractivity contribution is 5.97. The summed E-state index contributed by atoms with van der Waals surface area (Å²) in [6, 6.07) is 3.03. The van der Waals surface area contributed by atoms with Crippen LogP contribution < -0.4 is 0 Å². The minimum Gasteiger partial charge on any atom is -0.332 e. The van der Waals surface area contributed by atoms with Crippen molar-refractivity contribution in [2.75, 3.05) is 6.54 Å². The summed E-state index contributed by atoms with van der Waals surface area (Å²) in [6.45, 7) is 2.39. The second-order valence-corrected chi connectivity index (χ2v) is 4.06. The number of nitro groups is 2. The lowest BCUT2D eigenvalue weighted by atomic mass is 10.1. The molecule has 8 heteroatoms. The lowest BCUT2D eigenvalue weighted by Gasteiger charge is -2.02. The highest BCUT2D eigenvalue weighted by atomic mass is 16.6. The molecule has 0 spiro atoms. The smallest absolute Gasteiger partial charge is 0.277 e. The molecule has 1 heterocycles. The van der Waals surface area contributed by atoms with Crippen molar-refractivity contribution in [1.82, 2.24) is 4.90 Å². The van der Waals surface area contributed by atoms with E-state index in [1.807, 2.05) is 6.92 Å². The van der Waals surface area contributed by atoms with E-state index in [0.717, 1.165) is 18.2 Å². The topological polar surface area (TPSA) is 106 Å². The summed E-state index contributed by atoms with van der Waals surface area (Å²) in [5.74, 6) is -0.422. The van der Waals surface area contributed by atoms with Gasteiger partial charge < -0.3 is 4.90 Å². The second-order valence-electron chi connectivity index (χ2n) is 4.06. The predicted octanol–water partition coefficient (Wildman–Crippen LogP) is 1.35. The zero-order valence-corrected chi connectivity index (χ0v) is 9.40. The third-order valence-corrected chi connectivity index (χ3v) is 2.69. The third kappa shape index (κ3) is 2.12. The Kier molecular flexibility index (Phi) is 2.70. The molecule has 94 valence electrons. The molecule has 1 aliphatic rings. The molecule has 0 bridgehead atoms. The molecule has 1 fully saturated rings. The monoisotopic (exact) mass is 251 g/mol. The number of amides is 1. The molecule has 18 heavy (non-hydrogen) atoms. The molecule has 0 aromatic heterocycles. The first-order valence-corrected chi connectivity index (χ1v) is 5.15. The summed E-state index contributed by atoms with van der Waals surface area (Å²) < 4.78 is 0. The third-order valence-electron chi connectivity index (χ3n) is 2.69. The summed E-state index contributed by atoms with van der Waals surface area (Å²) in [5, 5.41) is 21.3. The van der Waals surface area contributed by atoms with Crippen LogP contribution in [0, 0.1) is 20.2 Å². The molecule has 1 aromatic carbocycles. The Labute approximate surface area is 101 Å². The van der Waals surface area contributed by atoms with E-state index < -0.39 is 27.1 Å². The van der Waals surface area contributed by atoms with E-state index in [2.05, 4.69) is 0 Å². The van der Waals surface area contributed by atoms with Gasteiger partial charge in [-0.1, -0.05) is 0 Å². The predicted molar refractivity (Wildman–Crippen MR) is 60.2 cm³/mol. The van der Waals surface area contributed by atoms with Gasteiger partial charge in [-0.2, -0.15) is 0 Å². The maximum Gasteiger partial charge on any atom is 0.277 e. The lowest BCUT2D eigenvalue weighted by molar-refractivity contribution is -0.394. The van der Waals surface area contributed by atoms with Crippen LogP contribution in [0.3, 0.4) is 0 Å². The molecular formula is C10H9N3O5. The van der Waals surface area contributed by atoms with Crippen LogP contribution in [0.15, 0.2) is 18.2 Å². The Hall–Kier alpha value is -2.51. The van der Waals surface area contributed by atoms with Gasteiger partial charge in [-0.3, -0.25) is 25.0 Å². The molecule has 0 unspecified atom stereocenters. The van der Waals surface area contributed by atoms with E-state index in [1.54, 1.807) is 0 Å². The number of benzene rings is 1. The standard InChI is InChI=1S/C10H9N3O5/c1-6-5-11(6)10(14)7-2-8(12(15)16)4-9(3-7)13(17)18/h2-4,6H,5H2,1H3/t6-,11?/m0/s1. The van der Waals surface area contributed by atoms with Gasteiger partial charge in [-0.25, -0.2) is 0 Å². The van der Waals surface area contributed by atoms with Gasteiger partial charge in [0, 0.05) is 24.7 Å². The molecule has 1 aromatic rings.